The van der Waals surface area contributed by atoms with Crippen LogP contribution in [0.1, 0.15) is 11.1 Å². The van der Waals surface area contributed by atoms with E-state index in [2.05, 4.69) is 5.32 Å². The molecule has 1 saturated heterocycles. The number of ether oxygens (including phenoxy) is 1. The minimum Gasteiger partial charge on any atom is -0.484 e. The molecule has 0 unspecified atom stereocenters. The smallest absolute Gasteiger partial charge is 0.270 e. The lowest BCUT2D eigenvalue weighted by Crippen LogP contribution is -2.27. The lowest BCUT2D eigenvalue weighted by Gasteiger charge is -2.14. The van der Waals surface area contributed by atoms with Gasteiger partial charge in [0, 0.05) is 5.69 Å². The lowest BCUT2D eigenvalue weighted by atomic mass is 10.2. The van der Waals surface area contributed by atoms with Crippen LogP contribution in [-0.2, 0) is 9.59 Å². The highest BCUT2D eigenvalue weighted by Crippen LogP contribution is 2.36. The standard InChI is InChI=1S/C25H18Cl2N2O3S2/c1-15-3-2-4-18(11-15)29-24(31)22(34-25(29)33)12-16-5-8-19(9-6-16)32-14-23(30)28-17-7-10-20(26)21(27)13-17/h2-13H,14H2,1H3,(H,28,30)/b22-12-. The Balaban J connectivity index is 1.37. The van der Waals surface area contributed by atoms with E-state index in [1.54, 1.807) is 41.3 Å². The second-order valence-electron chi connectivity index (χ2n) is 7.39. The third kappa shape index (κ3) is 5.80. The molecule has 0 aromatic heterocycles. The van der Waals surface area contributed by atoms with Gasteiger partial charge in [0.25, 0.3) is 11.8 Å². The number of hydrogen-bond donors (Lipinski definition) is 1. The van der Waals surface area contributed by atoms with Crippen molar-refractivity contribution in [3.05, 3.63) is 92.8 Å². The number of rotatable bonds is 6. The molecule has 5 nitrogen and oxygen atoms in total. The van der Waals surface area contributed by atoms with Gasteiger partial charge >= 0.3 is 0 Å². The topological polar surface area (TPSA) is 58.6 Å². The second kappa shape index (κ2) is 10.6. The first kappa shape index (κ1) is 24.3. The van der Waals surface area contributed by atoms with Crippen molar-refractivity contribution >= 4 is 80.8 Å². The Kier molecular flexibility index (Phi) is 7.58. The van der Waals surface area contributed by atoms with Crippen LogP contribution in [0.5, 0.6) is 5.75 Å². The van der Waals surface area contributed by atoms with E-state index in [0.29, 0.717) is 30.7 Å². The number of thioether (sulfide) groups is 1. The summed E-state index contributed by atoms with van der Waals surface area (Å²) < 4.78 is 6.05. The highest BCUT2D eigenvalue weighted by molar-refractivity contribution is 8.27. The van der Waals surface area contributed by atoms with Crippen molar-refractivity contribution in [2.75, 3.05) is 16.8 Å². The highest BCUT2D eigenvalue weighted by atomic mass is 35.5. The molecule has 0 radical (unpaired) electrons. The zero-order chi connectivity index (χ0) is 24.2. The molecule has 1 fully saturated rings. The number of amides is 2. The van der Waals surface area contributed by atoms with Gasteiger partial charge in [-0.25, -0.2) is 0 Å². The Hall–Kier alpha value is -2.84. The molecule has 1 heterocycles. The first-order valence-electron chi connectivity index (χ1n) is 10.1. The Morgan fingerprint density at radius 2 is 1.85 bits per heavy atom. The van der Waals surface area contributed by atoms with Gasteiger partial charge < -0.3 is 10.1 Å². The quantitative estimate of drug-likeness (QED) is 0.284. The van der Waals surface area contributed by atoms with E-state index in [0.717, 1.165) is 16.8 Å². The predicted molar refractivity (Wildman–Crippen MR) is 144 cm³/mol. The fourth-order valence-electron chi connectivity index (χ4n) is 3.19. The highest BCUT2D eigenvalue weighted by Gasteiger charge is 2.33. The molecular weight excluding hydrogens is 511 g/mol. The number of benzene rings is 3. The second-order valence-corrected chi connectivity index (χ2v) is 9.88. The largest absolute Gasteiger partial charge is 0.484 e. The van der Waals surface area contributed by atoms with Gasteiger partial charge in [0.2, 0.25) is 0 Å². The number of thiocarbonyl (C=S) groups is 1. The third-order valence-electron chi connectivity index (χ3n) is 4.80. The van der Waals surface area contributed by atoms with Crippen molar-refractivity contribution < 1.29 is 14.3 Å². The van der Waals surface area contributed by atoms with Crippen LogP contribution in [0.25, 0.3) is 6.08 Å². The van der Waals surface area contributed by atoms with Gasteiger partial charge in [-0.2, -0.15) is 0 Å². The van der Waals surface area contributed by atoms with Gasteiger partial charge in [-0.3, -0.25) is 14.5 Å². The minimum atomic E-state index is -0.331. The number of halogens is 2. The number of nitrogens with zero attached hydrogens (tertiary/aromatic N) is 1. The molecule has 172 valence electrons. The molecular formula is C25H18Cl2N2O3S2. The summed E-state index contributed by atoms with van der Waals surface area (Å²) in [6.45, 7) is 1.80. The van der Waals surface area contributed by atoms with Gasteiger partial charge in [0.15, 0.2) is 10.9 Å². The molecule has 3 aromatic carbocycles. The lowest BCUT2D eigenvalue weighted by molar-refractivity contribution is -0.118. The fraction of sp³-hybridized carbons (Fsp3) is 0.0800. The summed E-state index contributed by atoms with van der Waals surface area (Å²) in [5, 5.41) is 3.46. The van der Waals surface area contributed by atoms with E-state index in [4.69, 9.17) is 40.2 Å². The van der Waals surface area contributed by atoms with Crippen molar-refractivity contribution in [3.8, 4) is 5.75 Å². The van der Waals surface area contributed by atoms with Crippen LogP contribution in [0, 0.1) is 6.92 Å². The summed E-state index contributed by atoms with van der Waals surface area (Å²) in [6, 6.07) is 19.6. The van der Waals surface area contributed by atoms with E-state index in [9.17, 15) is 9.59 Å². The molecule has 3 aromatic rings. The maximum atomic E-state index is 12.9. The minimum absolute atomic E-state index is 0.153. The summed E-state index contributed by atoms with van der Waals surface area (Å²) in [4.78, 5) is 27.2. The SMILES string of the molecule is Cc1cccc(N2C(=O)/C(=C/c3ccc(OCC(=O)Nc4ccc(Cl)c(Cl)c4)cc3)SC2=S)c1. The van der Waals surface area contributed by atoms with Crippen molar-refractivity contribution in [1.82, 2.24) is 0 Å². The Bertz CT molecular complexity index is 1310. The van der Waals surface area contributed by atoms with E-state index < -0.39 is 0 Å². The van der Waals surface area contributed by atoms with Crippen LogP contribution < -0.4 is 15.0 Å². The van der Waals surface area contributed by atoms with Crippen LogP contribution in [0.3, 0.4) is 0 Å². The van der Waals surface area contributed by atoms with E-state index in [1.807, 2.05) is 43.3 Å². The Morgan fingerprint density at radius 1 is 1.09 bits per heavy atom. The zero-order valence-corrected chi connectivity index (χ0v) is 21.0. The summed E-state index contributed by atoms with van der Waals surface area (Å²) in [5.41, 5.74) is 3.16. The Labute approximate surface area is 216 Å². The van der Waals surface area contributed by atoms with E-state index in [-0.39, 0.29) is 18.4 Å². The van der Waals surface area contributed by atoms with Crippen LogP contribution in [0.4, 0.5) is 11.4 Å². The summed E-state index contributed by atoms with van der Waals surface area (Å²) in [5.74, 6) is 0.0379. The summed E-state index contributed by atoms with van der Waals surface area (Å²) in [6.07, 6.45) is 1.79. The molecule has 0 bridgehead atoms. The number of carbonyl (C=O) groups is 2. The maximum Gasteiger partial charge on any atom is 0.270 e. The molecule has 4 rings (SSSR count). The van der Waals surface area contributed by atoms with Crippen molar-refractivity contribution in [2.24, 2.45) is 0 Å². The average Bonchev–Trinajstić information content (AvgIpc) is 3.08. The molecule has 1 aliphatic heterocycles. The first-order valence-corrected chi connectivity index (χ1v) is 12.1. The number of carbonyl (C=O) groups excluding carboxylic acids is 2. The maximum absolute atomic E-state index is 12.9. The zero-order valence-electron chi connectivity index (χ0n) is 17.9. The molecule has 0 atom stereocenters. The van der Waals surface area contributed by atoms with E-state index in [1.165, 1.54) is 11.8 Å². The van der Waals surface area contributed by atoms with Crippen molar-refractivity contribution in [1.29, 1.82) is 0 Å². The first-order chi connectivity index (χ1) is 16.3. The molecule has 1 aliphatic rings. The van der Waals surface area contributed by atoms with Gasteiger partial charge in [-0.15, -0.1) is 0 Å². The van der Waals surface area contributed by atoms with Crippen molar-refractivity contribution in [2.45, 2.75) is 6.92 Å². The van der Waals surface area contributed by atoms with Gasteiger partial charge in [-0.05, 0) is 66.6 Å². The monoisotopic (exact) mass is 528 g/mol. The van der Waals surface area contributed by atoms with Crippen molar-refractivity contribution in [3.63, 3.8) is 0 Å². The normalized spacial score (nSPS) is 14.6. The van der Waals surface area contributed by atoms with Crippen LogP contribution in [0.2, 0.25) is 10.0 Å². The van der Waals surface area contributed by atoms with Gasteiger partial charge in [-0.1, -0.05) is 71.4 Å². The average molecular weight is 529 g/mol. The predicted octanol–water partition coefficient (Wildman–Crippen LogP) is 6.73. The molecule has 0 spiro atoms. The summed E-state index contributed by atoms with van der Waals surface area (Å²) >= 11 is 18.5. The fourth-order valence-corrected chi connectivity index (χ4v) is 4.79. The summed E-state index contributed by atoms with van der Waals surface area (Å²) in [7, 11) is 0. The molecule has 9 heteroatoms. The van der Waals surface area contributed by atoms with E-state index >= 15 is 0 Å². The number of anilines is 2. The number of hydrogen-bond acceptors (Lipinski definition) is 5. The van der Waals surface area contributed by atoms with Crippen LogP contribution in [-0.4, -0.2) is 22.7 Å². The molecule has 0 aliphatic carbocycles. The Morgan fingerprint density at radius 3 is 2.56 bits per heavy atom. The van der Waals surface area contributed by atoms with Gasteiger partial charge in [0.05, 0.1) is 20.6 Å². The number of aryl methyl sites for hydroxylation is 1. The number of nitrogens with one attached hydrogen (secondary N) is 1. The molecule has 34 heavy (non-hydrogen) atoms. The molecule has 2 amide bonds. The third-order valence-corrected chi connectivity index (χ3v) is 6.85. The molecule has 0 saturated carbocycles. The van der Waals surface area contributed by atoms with Gasteiger partial charge in [0.1, 0.15) is 5.75 Å². The van der Waals surface area contributed by atoms with Crippen LogP contribution >= 0.6 is 47.2 Å². The molecule has 1 N–H and O–H groups in total. The van der Waals surface area contributed by atoms with Crippen LogP contribution in [0.15, 0.2) is 71.6 Å².